The standard InChI is InChI=1S/C7H14O.C7H16.C4H8O/c1-6(2)7(8)4-3-5-7;1-5-7(4)6(2)3;5-4-2-1-3-4/h6,8H,3-5H2,1-2H3;6-7H,5H2,1-4H3;4-5H,1-3H2. The van der Waals surface area contributed by atoms with Crippen LogP contribution in [-0.4, -0.2) is 21.9 Å². The van der Waals surface area contributed by atoms with E-state index in [-0.39, 0.29) is 11.7 Å². The first-order chi connectivity index (χ1) is 9.23. The Kier molecular flexibility index (Phi) is 9.74. The summed E-state index contributed by atoms with van der Waals surface area (Å²) in [6.07, 6.45) is 7.96. The normalized spacial score (nSPS) is 21.9. The van der Waals surface area contributed by atoms with E-state index >= 15 is 0 Å². The highest BCUT2D eigenvalue weighted by atomic mass is 16.3. The summed E-state index contributed by atoms with van der Waals surface area (Å²) in [4.78, 5) is 0. The van der Waals surface area contributed by atoms with Gasteiger partial charge in [0.05, 0.1) is 11.7 Å². The highest BCUT2D eigenvalue weighted by Gasteiger charge is 2.36. The molecule has 2 N–H and O–H groups in total. The molecule has 0 heterocycles. The van der Waals surface area contributed by atoms with Crippen molar-refractivity contribution in [2.24, 2.45) is 17.8 Å². The summed E-state index contributed by atoms with van der Waals surface area (Å²) in [6, 6.07) is 0. The zero-order valence-corrected chi connectivity index (χ0v) is 14.7. The molecule has 2 aliphatic carbocycles. The molecule has 0 bridgehead atoms. The second-order valence-electron chi connectivity index (χ2n) is 7.33. The first kappa shape index (κ1) is 19.9. The van der Waals surface area contributed by atoms with Crippen molar-refractivity contribution in [2.45, 2.75) is 98.2 Å². The van der Waals surface area contributed by atoms with Crippen molar-refractivity contribution < 1.29 is 10.2 Å². The summed E-state index contributed by atoms with van der Waals surface area (Å²) in [6.45, 7) is 13.2. The summed E-state index contributed by atoms with van der Waals surface area (Å²) in [5.74, 6) is 2.22. The average Bonchev–Trinajstić information content (AvgIpc) is 2.33. The molecule has 2 nitrogen and oxygen atoms in total. The minimum Gasteiger partial charge on any atom is -0.393 e. The van der Waals surface area contributed by atoms with Crippen molar-refractivity contribution in [1.29, 1.82) is 0 Å². The van der Waals surface area contributed by atoms with Crippen LogP contribution in [0.15, 0.2) is 0 Å². The van der Waals surface area contributed by atoms with Gasteiger partial charge in [-0.05, 0) is 56.3 Å². The minimum atomic E-state index is -0.278. The SMILES string of the molecule is CC(C)C1(O)CCC1.CCC(C)C(C)C.OC1CCC1. The first-order valence-electron chi connectivity index (χ1n) is 8.63. The van der Waals surface area contributed by atoms with Crippen LogP contribution in [0.4, 0.5) is 0 Å². The summed E-state index contributed by atoms with van der Waals surface area (Å²) in [5.41, 5.74) is -0.278. The average molecular weight is 287 g/mol. The van der Waals surface area contributed by atoms with Crippen molar-refractivity contribution in [3.8, 4) is 0 Å². The highest BCUT2D eigenvalue weighted by Crippen LogP contribution is 2.37. The van der Waals surface area contributed by atoms with Gasteiger partial charge in [0.25, 0.3) is 0 Å². The van der Waals surface area contributed by atoms with E-state index in [1.54, 1.807) is 0 Å². The zero-order valence-electron chi connectivity index (χ0n) is 14.7. The fourth-order valence-electron chi connectivity index (χ4n) is 1.97. The molecule has 0 saturated heterocycles. The largest absolute Gasteiger partial charge is 0.393 e. The van der Waals surface area contributed by atoms with Gasteiger partial charge in [0.15, 0.2) is 0 Å². The Morgan fingerprint density at radius 1 is 1.00 bits per heavy atom. The van der Waals surface area contributed by atoms with E-state index < -0.39 is 0 Å². The van der Waals surface area contributed by atoms with Crippen LogP contribution < -0.4 is 0 Å². The van der Waals surface area contributed by atoms with Crippen molar-refractivity contribution in [3.05, 3.63) is 0 Å². The van der Waals surface area contributed by atoms with Crippen molar-refractivity contribution in [3.63, 3.8) is 0 Å². The van der Waals surface area contributed by atoms with Gasteiger partial charge in [0.2, 0.25) is 0 Å². The monoisotopic (exact) mass is 286 g/mol. The van der Waals surface area contributed by atoms with E-state index in [9.17, 15) is 5.11 Å². The Bertz CT molecular complexity index is 228. The molecule has 2 saturated carbocycles. The lowest BCUT2D eigenvalue weighted by Gasteiger charge is -2.40. The lowest BCUT2D eigenvalue weighted by molar-refractivity contribution is -0.0719. The van der Waals surface area contributed by atoms with Crippen molar-refractivity contribution >= 4 is 0 Å². The maximum absolute atomic E-state index is 9.49. The third-order valence-corrected chi connectivity index (χ3v) is 5.15. The van der Waals surface area contributed by atoms with Crippen LogP contribution in [0.5, 0.6) is 0 Å². The molecule has 0 radical (unpaired) electrons. The minimum absolute atomic E-state index is 0.0648. The molecule has 0 aromatic carbocycles. The van der Waals surface area contributed by atoms with Crippen LogP contribution >= 0.6 is 0 Å². The molecule has 1 unspecified atom stereocenters. The Morgan fingerprint density at radius 2 is 1.45 bits per heavy atom. The van der Waals surface area contributed by atoms with E-state index in [1.807, 2.05) is 0 Å². The Balaban J connectivity index is 0.000000278. The topological polar surface area (TPSA) is 40.5 Å². The Labute approximate surface area is 127 Å². The molecular weight excluding hydrogens is 248 g/mol. The summed E-state index contributed by atoms with van der Waals surface area (Å²) in [7, 11) is 0. The smallest absolute Gasteiger partial charge is 0.0670 e. The number of hydrogen-bond acceptors (Lipinski definition) is 2. The fourth-order valence-corrected chi connectivity index (χ4v) is 1.97. The van der Waals surface area contributed by atoms with Crippen LogP contribution in [-0.2, 0) is 0 Å². The van der Waals surface area contributed by atoms with Crippen LogP contribution in [0, 0.1) is 17.8 Å². The maximum atomic E-state index is 9.49. The number of rotatable bonds is 3. The molecular formula is C18H38O2. The van der Waals surface area contributed by atoms with Gasteiger partial charge in [-0.25, -0.2) is 0 Å². The second-order valence-corrected chi connectivity index (χ2v) is 7.33. The summed E-state index contributed by atoms with van der Waals surface area (Å²) in [5, 5.41) is 17.9. The Hall–Kier alpha value is -0.0800. The van der Waals surface area contributed by atoms with Gasteiger partial charge in [0.1, 0.15) is 0 Å². The van der Waals surface area contributed by atoms with Crippen molar-refractivity contribution in [1.82, 2.24) is 0 Å². The maximum Gasteiger partial charge on any atom is 0.0670 e. The molecule has 0 aliphatic heterocycles. The zero-order chi connectivity index (χ0) is 15.8. The third-order valence-electron chi connectivity index (χ3n) is 5.15. The molecule has 0 spiro atoms. The van der Waals surface area contributed by atoms with Gasteiger partial charge in [0, 0.05) is 0 Å². The first-order valence-corrected chi connectivity index (χ1v) is 8.63. The van der Waals surface area contributed by atoms with Crippen LogP contribution in [0.2, 0.25) is 0 Å². The van der Waals surface area contributed by atoms with E-state index in [1.165, 1.54) is 19.3 Å². The second kappa shape index (κ2) is 9.78. The molecule has 0 aromatic rings. The highest BCUT2D eigenvalue weighted by molar-refractivity contribution is 4.89. The van der Waals surface area contributed by atoms with Gasteiger partial charge < -0.3 is 10.2 Å². The molecule has 122 valence electrons. The molecule has 2 heteroatoms. The number of aliphatic hydroxyl groups is 2. The van der Waals surface area contributed by atoms with E-state index in [0.717, 1.165) is 37.5 Å². The van der Waals surface area contributed by atoms with Crippen LogP contribution in [0.3, 0.4) is 0 Å². The quantitative estimate of drug-likeness (QED) is 0.784. The van der Waals surface area contributed by atoms with Gasteiger partial charge in [-0.15, -0.1) is 0 Å². The molecule has 0 amide bonds. The molecule has 2 aliphatic rings. The molecule has 2 fully saturated rings. The Morgan fingerprint density at radius 3 is 1.45 bits per heavy atom. The number of hydrogen-bond donors (Lipinski definition) is 2. The third kappa shape index (κ3) is 7.64. The predicted molar refractivity (Wildman–Crippen MR) is 87.8 cm³/mol. The lowest BCUT2D eigenvalue weighted by Crippen LogP contribution is -2.41. The number of aliphatic hydroxyl groups excluding tert-OH is 1. The molecule has 20 heavy (non-hydrogen) atoms. The van der Waals surface area contributed by atoms with Crippen molar-refractivity contribution in [2.75, 3.05) is 0 Å². The molecule has 2 rings (SSSR count). The molecule has 1 atom stereocenters. The summed E-state index contributed by atoms with van der Waals surface area (Å²) < 4.78 is 0. The lowest BCUT2D eigenvalue weighted by atomic mass is 9.73. The van der Waals surface area contributed by atoms with E-state index in [2.05, 4.69) is 41.5 Å². The van der Waals surface area contributed by atoms with Gasteiger partial charge >= 0.3 is 0 Å². The fraction of sp³-hybridized carbons (Fsp3) is 1.00. The van der Waals surface area contributed by atoms with Crippen LogP contribution in [0.25, 0.3) is 0 Å². The van der Waals surface area contributed by atoms with E-state index in [0.29, 0.717) is 5.92 Å². The van der Waals surface area contributed by atoms with E-state index in [4.69, 9.17) is 5.11 Å². The van der Waals surface area contributed by atoms with Crippen LogP contribution in [0.1, 0.15) is 86.5 Å². The predicted octanol–water partition coefficient (Wildman–Crippen LogP) is 4.78. The van der Waals surface area contributed by atoms with Gasteiger partial charge in [-0.1, -0.05) is 48.0 Å². The van der Waals surface area contributed by atoms with Gasteiger partial charge in [-0.3, -0.25) is 0 Å². The summed E-state index contributed by atoms with van der Waals surface area (Å²) >= 11 is 0. The molecule has 0 aromatic heterocycles. The van der Waals surface area contributed by atoms with Gasteiger partial charge in [-0.2, -0.15) is 0 Å².